The molecule has 1 aromatic rings. The summed E-state index contributed by atoms with van der Waals surface area (Å²) < 4.78 is 13.6. The van der Waals surface area contributed by atoms with Gasteiger partial charge >= 0.3 is 0 Å². The van der Waals surface area contributed by atoms with Gasteiger partial charge in [0.1, 0.15) is 11.9 Å². The summed E-state index contributed by atoms with van der Waals surface area (Å²) in [5.41, 5.74) is 3.21. The molecule has 24 heavy (non-hydrogen) atoms. The van der Waals surface area contributed by atoms with E-state index in [9.17, 15) is 4.39 Å². The summed E-state index contributed by atoms with van der Waals surface area (Å²) in [6.45, 7) is 2.86. The monoisotopic (exact) mass is 322 g/mol. The van der Waals surface area contributed by atoms with Crippen LogP contribution in [0.4, 0.5) is 4.39 Å². The van der Waals surface area contributed by atoms with Gasteiger partial charge in [-0.3, -0.25) is 0 Å². The summed E-state index contributed by atoms with van der Waals surface area (Å²) in [4.78, 5) is 0. The summed E-state index contributed by atoms with van der Waals surface area (Å²) in [5.74, 6) is 0.216. The molecule has 122 valence electrons. The second kappa shape index (κ2) is 6.14. The fourth-order valence-electron chi connectivity index (χ4n) is 3.41. The summed E-state index contributed by atoms with van der Waals surface area (Å²) in [5, 5.41) is 19.3. The number of nitrogens with zero attached hydrogens (tertiary/aromatic N) is 1. The minimum Gasteiger partial charge on any atom is -0.390 e. The molecule has 3 aliphatic rings. The molecule has 4 nitrogen and oxygen atoms in total. The molecule has 0 aromatic heterocycles. The number of nitriles is 1. The zero-order valence-electron chi connectivity index (χ0n) is 13.2. The molecule has 0 saturated carbocycles. The minimum atomic E-state index is -0.472. The lowest BCUT2D eigenvalue weighted by Gasteiger charge is -2.38. The number of halogens is 1. The molecule has 1 aromatic carbocycles. The molecule has 2 heterocycles. The fraction of sp³-hybridized carbons (Fsp3) is 0.316. The molecule has 3 N–H and O–H groups in total. The van der Waals surface area contributed by atoms with Crippen LogP contribution >= 0.6 is 0 Å². The maximum absolute atomic E-state index is 13.6. The molecule has 0 radical (unpaired) electrons. The van der Waals surface area contributed by atoms with E-state index in [1.54, 1.807) is 12.1 Å². The highest BCUT2D eigenvalue weighted by Crippen LogP contribution is 2.35. The SMILES string of the molecule is N#Cc1cc(C2=CC3C=CNCC3C(NC3CNC3)=C2)ccc1F. The van der Waals surface area contributed by atoms with Crippen LogP contribution in [-0.2, 0) is 0 Å². The third-order valence-electron chi connectivity index (χ3n) is 4.89. The smallest absolute Gasteiger partial charge is 0.140 e. The molecule has 0 spiro atoms. The van der Waals surface area contributed by atoms with E-state index >= 15 is 0 Å². The van der Waals surface area contributed by atoms with Gasteiger partial charge in [-0.15, -0.1) is 0 Å². The molecule has 2 aliphatic heterocycles. The van der Waals surface area contributed by atoms with Crippen molar-refractivity contribution in [3.05, 3.63) is 65.3 Å². The Hall–Kier alpha value is -2.58. The standard InChI is InChI=1S/C19H19FN4/c20-18-2-1-12(5-15(18)8-21)14-6-13-3-4-22-11-17(13)19(7-14)24-16-9-23-10-16/h1-7,13,16-17,22-24H,9-11H2. The van der Waals surface area contributed by atoms with Crippen LogP contribution in [0.15, 0.2) is 48.3 Å². The largest absolute Gasteiger partial charge is 0.390 e. The predicted octanol–water partition coefficient (Wildman–Crippen LogP) is 1.89. The fourth-order valence-corrected chi connectivity index (χ4v) is 3.41. The Kier molecular flexibility index (Phi) is 3.83. The van der Waals surface area contributed by atoms with E-state index in [2.05, 4.69) is 34.2 Å². The Morgan fingerprint density at radius 3 is 2.88 bits per heavy atom. The lowest BCUT2D eigenvalue weighted by atomic mass is 9.79. The highest BCUT2D eigenvalue weighted by atomic mass is 19.1. The Labute approximate surface area is 140 Å². The summed E-state index contributed by atoms with van der Waals surface area (Å²) in [6.07, 6.45) is 8.51. The number of benzene rings is 1. The van der Waals surface area contributed by atoms with Crippen LogP contribution < -0.4 is 16.0 Å². The number of fused-ring (bicyclic) bond motifs is 1. The van der Waals surface area contributed by atoms with E-state index in [-0.39, 0.29) is 5.56 Å². The second-order valence-corrected chi connectivity index (χ2v) is 6.48. The number of hydrogen-bond acceptors (Lipinski definition) is 4. The number of rotatable bonds is 3. The van der Waals surface area contributed by atoms with Gasteiger partial charge in [0.15, 0.2) is 0 Å². The van der Waals surface area contributed by atoms with Crippen molar-refractivity contribution >= 4 is 5.57 Å². The van der Waals surface area contributed by atoms with Crippen LogP contribution in [0.2, 0.25) is 0 Å². The highest BCUT2D eigenvalue weighted by molar-refractivity contribution is 5.77. The Balaban J connectivity index is 1.70. The minimum absolute atomic E-state index is 0.0856. The highest BCUT2D eigenvalue weighted by Gasteiger charge is 2.30. The Morgan fingerprint density at radius 2 is 2.12 bits per heavy atom. The molecule has 2 unspecified atom stereocenters. The molecule has 5 heteroatoms. The maximum Gasteiger partial charge on any atom is 0.140 e. The summed E-state index contributed by atoms with van der Waals surface area (Å²) in [6, 6.07) is 7.13. The summed E-state index contributed by atoms with van der Waals surface area (Å²) >= 11 is 0. The van der Waals surface area contributed by atoms with E-state index in [1.165, 1.54) is 11.8 Å². The van der Waals surface area contributed by atoms with Gasteiger partial charge in [-0.2, -0.15) is 5.26 Å². The first kappa shape index (κ1) is 15.0. The van der Waals surface area contributed by atoms with Gasteiger partial charge < -0.3 is 16.0 Å². The molecule has 1 saturated heterocycles. The van der Waals surface area contributed by atoms with Gasteiger partial charge in [-0.25, -0.2) is 4.39 Å². The van der Waals surface area contributed by atoms with Crippen LogP contribution in [-0.4, -0.2) is 25.7 Å². The number of nitrogens with one attached hydrogen (secondary N) is 3. The molecular formula is C19H19FN4. The van der Waals surface area contributed by atoms with Crippen LogP contribution in [0, 0.1) is 29.0 Å². The van der Waals surface area contributed by atoms with Crippen molar-refractivity contribution in [3.63, 3.8) is 0 Å². The number of hydrogen-bond donors (Lipinski definition) is 3. The van der Waals surface area contributed by atoms with Crippen LogP contribution in [0.25, 0.3) is 5.57 Å². The van der Waals surface area contributed by atoms with E-state index in [4.69, 9.17) is 5.26 Å². The van der Waals surface area contributed by atoms with Gasteiger partial charge in [0.25, 0.3) is 0 Å². The van der Waals surface area contributed by atoms with Crippen molar-refractivity contribution in [3.8, 4) is 6.07 Å². The van der Waals surface area contributed by atoms with Gasteiger partial charge in [-0.05, 0) is 35.5 Å². The van der Waals surface area contributed by atoms with Crippen LogP contribution in [0.5, 0.6) is 0 Å². The third kappa shape index (κ3) is 2.70. The lowest BCUT2D eigenvalue weighted by molar-refractivity contribution is 0.356. The molecule has 1 aliphatic carbocycles. The third-order valence-corrected chi connectivity index (χ3v) is 4.89. The topological polar surface area (TPSA) is 59.9 Å². The predicted molar refractivity (Wildman–Crippen MR) is 91.1 cm³/mol. The molecular weight excluding hydrogens is 303 g/mol. The quantitative estimate of drug-likeness (QED) is 0.795. The molecule has 1 fully saturated rings. The molecule has 4 rings (SSSR count). The van der Waals surface area contributed by atoms with E-state index in [0.29, 0.717) is 17.9 Å². The molecule has 0 bridgehead atoms. The van der Waals surface area contributed by atoms with Crippen molar-refractivity contribution < 1.29 is 4.39 Å². The van der Waals surface area contributed by atoms with Crippen molar-refractivity contribution in [1.82, 2.24) is 16.0 Å². The summed E-state index contributed by atoms with van der Waals surface area (Å²) in [7, 11) is 0. The van der Waals surface area contributed by atoms with Crippen molar-refractivity contribution in [2.24, 2.45) is 11.8 Å². The van der Waals surface area contributed by atoms with Gasteiger partial charge in [-0.1, -0.05) is 18.2 Å². The van der Waals surface area contributed by atoms with Crippen molar-refractivity contribution in [2.45, 2.75) is 6.04 Å². The van der Waals surface area contributed by atoms with E-state index < -0.39 is 5.82 Å². The average Bonchev–Trinajstić information content (AvgIpc) is 2.58. The molecule has 0 amide bonds. The Morgan fingerprint density at radius 1 is 1.25 bits per heavy atom. The van der Waals surface area contributed by atoms with Gasteiger partial charge in [0, 0.05) is 37.2 Å². The van der Waals surface area contributed by atoms with Crippen molar-refractivity contribution in [2.75, 3.05) is 19.6 Å². The average molecular weight is 322 g/mol. The normalized spacial score (nSPS) is 25.5. The lowest BCUT2D eigenvalue weighted by Crippen LogP contribution is -2.56. The van der Waals surface area contributed by atoms with Crippen LogP contribution in [0.3, 0.4) is 0 Å². The first-order valence-corrected chi connectivity index (χ1v) is 8.25. The van der Waals surface area contributed by atoms with Gasteiger partial charge in [0.2, 0.25) is 0 Å². The zero-order valence-corrected chi connectivity index (χ0v) is 13.2. The zero-order chi connectivity index (χ0) is 16.5. The number of allylic oxidation sites excluding steroid dienone is 4. The first-order chi connectivity index (χ1) is 11.7. The second-order valence-electron chi connectivity index (χ2n) is 6.48. The van der Waals surface area contributed by atoms with Crippen molar-refractivity contribution in [1.29, 1.82) is 5.26 Å². The molecule has 2 atom stereocenters. The Bertz CT molecular complexity index is 783. The van der Waals surface area contributed by atoms with E-state index in [1.807, 2.05) is 12.3 Å². The maximum atomic E-state index is 13.6. The van der Waals surface area contributed by atoms with Gasteiger partial charge in [0.05, 0.1) is 11.6 Å². The van der Waals surface area contributed by atoms with Crippen LogP contribution in [0.1, 0.15) is 11.1 Å². The first-order valence-electron chi connectivity index (χ1n) is 8.25. The van der Waals surface area contributed by atoms with E-state index in [0.717, 1.165) is 30.8 Å².